The van der Waals surface area contributed by atoms with E-state index in [-0.39, 0.29) is 5.56 Å². The summed E-state index contributed by atoms with van der Waals surface area (Å²) in [6, 6.07) is 10.9. The third-order valence-corrected chi connectivity index (χ3v) is 2.61. The number of carboxylic acids is 1. The van der Waals surface area contributed by atoms with Crippen molar-refractivity contribution in [2.45, 2.75) is 4.90 Å². The first-order valence-electron chi connectivity index (χ1n) is 4.14. The summed E-state index contributed by atoms with van der Waals surface area (Å²) >= 11 is 4.22. The van der Waals surface area contributed by atoms with E-state index in [1.165, 1.54) is 0 Å². The molecule has 0 amide bonds. The molecule has 0 aliphatic carbocycles. The monoisotopic (exact) mass is 204 g/mol. The first-order chi connectivity index (χ1) is 6.70. The minimum Gasteiger partial charge on any atom is -0.478 e. The predicted octanol–water partition coefficient (Wildman–Crippen LogP) is 2.83. The molecule has 0 atom stereocenters. The van der Waals surface area contributed by atoms with Gasteiger partial charge in [-0.15, -0.1) is 12.6 Å². The second-order valence-corrected chi connectivity index (χ2v) is 3.44. The van der Waals surface area contributed by atoms with Crippen molar-refractivity contribution in [3.8, 4) is 0 Å². The van der Waals surface area contributed by atoms with Crippen LogP contribution in [0, 0.1) is 0 Å². The highest BCUT2D eigenvalue weighted by Crippen LogP contribution is 2.25. The summed E-state index contributed by atoms with van der Waals surface area (Å²) in [6.07, 6.45) is 0. The van der Waals surface area contributed by atoms with Gasteiger partial charge < -0.3 is 5.11 Å². The number of benzene rings is 2. The normalized spacial score (nSPS) is 10.4. The van der Waals surface area contributed by atoms with Crippen molar-refractivity contribution in [1.82, 2.24) is 0 Å². The zero-order valence-electron chi connectivity index (χ0n) is 7.27. The van der Waals surface area contributed by atoms with Gasteiger partial charge in [0.15, 0.2) is 0 Å². The van der Waals surface area contributed by atoms with E-state index < -0.39 is 5.97 Å². The lowest BCUT2D eigenvalue weighted by atomic mass is 10.1. The van der Waals surface area contributed by atoms with Gasteiger partial charge in [0.2, 0.25) is 0 Å². The zero-order valence-corrected chi connectivity index (χ0v) is 8.16. The Morgan fingerprint density at radius 3 is 2.57 bits per heavy atom. The summed E-state index contributed by atoms with van der Waals surface area (Å²) in [5.41, 5.74) is 0.243. The van der Waals surface area contributed by atoms with Crippen molar-refractivity contribution >= 4 is 29.4 Å². The standard InChI is InChI=1S/C11H8O2S/c12-11(13)9-6-5-7-3-1-2-4-8(7)10(9)14/h1-6,14H,(H,12,13). The van der Waals surface area contributed by atoms with Crippen LogP contribution in [-0.2, 0) is 0 Å². The van der Waals surface area contributed by atoms with E-state index in [1.54, 1.807) is 12.1 Å². The number of thiol groups is 1. The minimum atomic E-state index is -0.944. The number of hydrogen-bond acceptors (Lipinski definition) is 2. The molecule has 2 nitrogen and oxygen atoms in total. The molecule has 0 radical (unpaired) electrons. The van der Waals surface area contributed by atoms with Crippen LogP contribution in [0.1, 0.15) is 10.4 Å². The van der Waals surface area contributed by atoms with Crippen molar-refractivity contribution < 1.29 is 9.90 Å². The molecule has 0 bridgehead atoms. The molecule has 0 saturated carbocycles. The van der Waals surface area contributed by atoms with E-state index >= 15 is 0 Å². The summed E-state index contributed by atoms with van der Waals surface area (Å²) in [5.74, 6) is -0.944. The highest BCUT2D eigenvalue weighted by atomic mass is 32.1. The molecule has 0 aromatic heterocycles. The number of rotatable bonds is 1. The van der Waals surface area contributed by atoms with Gasteiger partial charge in [-0.2, -0.15) is 0 Å². The zero-order chi connectivity index (χ0) is 10.1. The van der Waals surface area contributed by atoms with E-state index in [9.17, 15) is 4.79 Å². The van der Waals surface area contributed by atoms with E-state index in [2.05, 4.69) is 12.6 Å². The van der Waals surface area contributed by atoms with E-state index in [1.807, 2.05) is 24.3 Å². The Balaban J connectivity index is 2.81. The Labute approximate surface area is 86.6 Å². The molecule has 2 aromatic carbocycles. The first kappa shape index (κ1) is 9.09. The fourth-order valence-electron chi connectivity index (χ4n) is 1.43. The highest BCUT2D eigenvalue weighted by Gasteiger charge is 2.09. The van der Waals surface area contributed by atoms with E-state index in [0.29, 0.717) is 4.90 Å². The van der Waals surface area contributed by atoms with Gasteiger partial charge in [-0.1, -0.05) is 30.3 Å². The summed E-state index contributed by atoms with van der Waals surface area (Å²) in [5, 5.41) is 10.7. The van der Waals surface area contributed by atoms with Crippen LogP contribution >= 0.6 is 12.6 Å². The molecule has 0 aliphatic rings. The van der Waals surface area contributed by atoms with Gasteiger partial charge in [-0.3, -0.25) is 0 Å². The Morgan fingerprint density at radius 2 is 1.86 bits per heavy atom. The van der Waals surface area contributed by atoms with Crippen LogP contribution in [-0.4, -0.2) is 11.1 Å². The van der Waals surface area contributed by atoms with Crippen LogP contribution in [0.3, 0.4) is 0 Å². The van der Waals surface area contributed by atoms with Crippen molar-refractivity contribution in [3.05, 3.63) is 42.0 Å². The Morgan fingerprint density at radius 1 is 1.14 bits per heavy atom. The smallest absolute Gasteiger partial charge is 0.336 e. The average Bonchev–Trinajstić information content (AvgIpc) is 2.18. The third-order valence-electron chi connectivity index (χ3n) is 2.13. The molecular formula is C11H8O2S. The van der Waals surface area contributed by atoms with Gasteiger partial charge >= 0.3 is 5.97 Å². The van der Waals surface area contributed by atoms with Gasteiger partial charge in [-0.25, -0.2) is 4.79 Å². The molecule has 70 valence electrons. The quantitative estimate of drug-likeness (QED) is 0.701. The summed E-state index contributed by atoms with van der Waals surface area (Å²) in [4.78, 5) is 11.3. The van der Waals surface area contributed by atoms with Crippen LogP contribution in [0.2, 0.25) is 0 Å². The number of carboxylic acid groups (broad SMARTS) is 1. The van der Waals surface area contributed by atoms with Crippen molar-refractivity contribution in [2.24, 2.45) is 0 Å². The fourth-order valence-corrected chi connectivity index (χ4v) is 1.80. The molecule has 2 rings (SSSR count). The predicted molar refractivity (Wildman–Crippen MR) is 58.2 cm³/mol. The third kappa shape index (κ3) is 1.36. The van der Waals surface area contributed by atoms with Crippen molar-refractivity contribution in [2.75, 3.05) is 0 Å². The Kier molecular flexibility index (Phi) is 2.17. The molecule has 0 unspecified atom stereocenters. The summed E-state index contributed by atoms with van der Waals surface area (Å²) < 4.78 is 0. The maximum absolute atomic E-state index is 10.8. The SMILES string of the molecule is O=C(O)c1ccc2ccccc2c1S. The van der Waals surface area contributed by atoms with Gasteiger partial charge in [0.25, 0.3) is 0 Å². The number of fused-ring (bicyclic) bond motifs is 1. The average molecular weight is 204 g/mol. The van der Waals surface area contributed by atoms with Gasteiger partial charge in [0.1, 0.15) is 0 Å². The van der Waals surface area contributed by atoms with Gasteiger partial charge in [0.05, 0.1) is 5.56 Å². The molecule has 2 aromatic rings. The largest absolute Gasteiger partial charge is 0.478 e. The summed E-state index contributed by atoms with van der Waals surface area (Å²) in [7, 11) is 0. The van der Waals surface area contributed by atoms with Gasteiger partial charge in [-0.05, 0) is 16.8 Å². The Bertz CT molecular complexity index is 506. The first-order valence-corrected chi connectivity index (χ1v) is 4.59. The molecular weight excluding hydrogens is 196 g/mol. The van der Waals surface area contributed by atoms with E-state index in [4.69, 9.17) is 5.11 Å². The molecule has 3 heteroatoms. The molecule has 0 spiro atoms. The molecule has 0 aliphatic heterocycles. The molecule has 0 saturated heterocycles. The second-order valence-electron chi connectivity index (χ2n) is 2.99. The minimum absolute atomic E-state index is 0.243. The maximum Gasteiger partial charge on any atom is 0.336 e. The topological polar surface area (TPSA) is 37.3 Å². The van der Waals surface area contributed by atoms with Gasteiger partial charge in [0, 0.05) is 4.90 Å². The van der Waals surface area contributed by atoms with Crippen LogP contribution in [0.25, 0.3) is 10.8 Å². The van der Waals surface area contributed by atoms with Crippen LogP contribution in [0.5, 0.6) is 0 Å². The molecule has 1 N–H and O–H groups in total. The van der Waals surface area contributed by atoms with Crippen LogP contribution in [0.4, 0.5) is 0 Å². The van der Waals surface area contributed by atoms with Crippen LogP contribution in [0.15, 0.2) is 41.3 Å². The molecule has 14 heavy (non-hydrogen) atoms. The number of hydrogen-bond donors (Lipinski definition) is 2. The molecule has 0 fully saturated rings. The lowest BCUT2D eigenvalue weighted by Gasteiger charge is -2.04. The van der Waals surface area contributed by atoms with Crippen molar-refractivity contribution in [3.63, 3.8) is 0 Å². The maximum atomic E-state index is 10.8. The highest BCUT2D eigenvalue weighted by molar-refractivity contribution is 7.80. The lowest BCUT2D eigenvalue weighted by Crippen LogP contribution is -1.97. The second kappa shape index (κ2) is 3.35. The van der Waals surface area contributed by atoms with Crippen molar-refractivity contribution in [1.29, 1.82) is 0 Å². The van der Waals surface area contributed by atoms with Crippen LogP contribution < -0.4 is 0 Å². The molecule has 0 heterocycles. The number of carbonyl (C=O) groups is 1. The van der Waals surface area contributed by atoms with E-state index in [0.717, 1.165) is 10.8 Å². The Hall–Kier alpha value is -1.48. The number of aromatic carboxylic acids is 1. The summed E-state index contributed by atoms with van der Waals surface area (Å²) in [6.45, 7) is 0. The lowest BCUT2D eigenvalue weighted by molar-refractivity contribution is 0.0693. The fraction of sp³-hybridized carbons (Fsp3) is 0.